The van der Waals surface area contributed by atoms with Gasteiger partial charge in [0.2, 0.25) is 15.9 Å². The zero-order valence-electron chi connectivity index (χ0n) is 20.7. The molecule has 0 aromatic heterocycles. The first-order valence-corrected chi connectivity index (χ1v) is 13.8. The van der Waals surface area contributed by atoms with E-state index in [0.29, 0.717) is 17.9 Å². The SMILES string of the molecule is COc1ccc(N(CCCC(=O)N[C@@H](C)c2ccc(N3CCC[C@H](C)C3)cc2)S(C)(=O)=O)cc1. The third kappa shape index (κ3) is 7.13. The van der Waals surface area contributed by atoms with Crippen LogP contribution >= 0.6 is 0 Å². The Morgan fingerprint density at radius 2 is 1.85 bits per heavy atom. The lowest BCUT2D eigenvalue weighted by atomic mass is 9.99. The van der Waals surface area contributed by atoms with Crippen molar-refractivity contribution in [3.63, 3.8) is 0 Å². The summed E-state index contributed by atoms with van der Waals surface area (Å²) in [6, 6.07) is 15.2. The highest BCUT2D eigenvalue weighted by Gasteiger charge is 2.19. The van der Waals surface area contributed by atoms with Crippen LogP contribution in [0.3, 0.4) is 0 Å². The minimum atomic E-state index is -3.46. The predicted molar refractivity (Wildman–Crippen MR) is 138 cm³/mol. The van der Waals surface area contributed by atoms with Crippen molar-refractivity contribution in [3.8, 4) is 5.75 Å². The third-order valence-corrected chi connectivity index (χ3v) is 7.51. The van der Waals surface area contributed by atoms with Gasteiger partial charge in [-0.3, -0.25) is 9.10 Å². The second-order valence-corrected chi connectivity index (χ2v) is 11.1. The summed E-state index contributed by atoms with van der Waals surface area (Å²) >= 11 is 0. The molecule has 3 rings (SSSR count). The maximum atomic E-state index is 12.5. The van der Waals surface area contributed by atoms with Gasteiger partial charge in [0.05, 0.1) is 25.1 Å². The van der Waals surface area contributed by atoms with Crippen LogP contribution in [0.5, 0.6) is 5.75 Å². The molecule has 0 spiro atoms. The molecular weight excluding hydrogens is 450 g/mol. The van der Waals surface area contributed by atoms with Crippen molar-refractivity contribution in [2.75, 3.05) is 42.2 Å². The van der Waals surface area contributed by atoms with Crippen LogP contribution in [0.1, 0.15) is 51.1 Å². The van der Waals surface area contributed by atoms with Crippen LogP contribution in [-0.4, -0.2) is 47.3 Å². The van der Waals surface area contributed by atoms with E-state index >= 15 is 0 Å². The number of nitrogens with one attached hydrogen (secondary N) is 1. The zero-order valence-corrected chi connectivity index (χ0v) is 21.5. The number of hydrogen-bond acceptors (Lipinski definition) is 5. The molecule has 1 N–H and O–H groups in total. The quantitative estimate of drug-likeness (QED) is 0.539. The van der Waals surface area contributed by atoms with E-state index in [-0.39, 0.29) is 24.9 Å². The number of hydrogen-bond donors (Lipinski definition) is 1. The normalized spacial score (nSPS) is 17.2. The molecule has 1 saturated heterocycles. The molecule has 34 heavy (non-hydrogen) atoms. The van der Waals surface area contributed by atoms with Crippen LogP contribution < -0.4 is 19.3 Å². The monoisotopic (exact) mass is 487 g/mol. The van der Waals surface area contributed by atoms with Gasteiger partial charge in [-0.15, -0.1) is 0 Å². The van der Waals surface area contributed by atoms with Gasteiger partial charge in [-0.25, -0.2) is 8.42 Å². The number of sulfonamides is 1. The summed E-state index contributed by atoms with van der Waals surface area (Å²) in [5, 5.41) is 3.03. The first-order chi connectivity index (χ1) is 16.2. The lowest BCUT2D eigenvalue weighted by molar-refractivity contribution is -0.121. The maximum absolute atomic E-state index is 12.5. The van der Waals surface area contributed by atoms with Crippen LogP contribution in [0, 0.1) is 5.92 Å². The van der Waals surface area contributed by atoms with Crippen LogP contribution in [0.25, 0.3) is 0 Å². The molecule has 0 aliphatic carbocycles. The Morgan fingerprint density at radius 1 is 1.18 bits per heavy atom. The van der Waals surface area contributed by atoms with Crippen LogP contribution in [0.2, 0.25) is 0 Å². The van der Waals surface area contributed by atoms with Gasteiger partial charge in [0.25, 0.3) is 0 Å². The number of carbonyl (C=O) groups excluding carboxylic acids is 1. The van der Waals surface area contributed by atoms with E-state index in [1.807, 2.05) is 6.92 Å². The minimum Gasteiger partial charge on any atom is -0.497 e. The summed E-state index contributed by atoms with van der Waals surface area (Å²) in [5.41, 5.74) is 2.84. The van der Waals surface area contributed by atoms with Crippen molar-refractivity contribution in [1.82, 2.24) is 5.32 Å². The highest BCUT2D eigenvalue weighted by atomic mass is 32.2. The summed E-state index contributed by atoms with van der Waals surface area (Å²) < 4.78 is 31.0. The largest absolute Gasteiger partial charge is 0.497 e. The van der Waals surface area contributed by atoms with E-state index in [2.05, 4.69) is 41.4 Å². The van der Waals surface area contributed by atoms with Gasteiger partial charge in [0, 0.05) is 31.7 Å². The van der Waals surface area contributed by atoms with Gasteiger partial charge in [-0.2, -0.15) is 0 Å². The topological polar surface area (TPSA) is 79.0 Å². The molecule has 0 saturated carbocycles. The van der Waals surface area contributed by atoms with E-state index in [0.717, 1.165) is 24.6 Å². The average molecular weight is 488 g/mol. The highest BCUT2D eigenvalue weighted by Crippen LogP contribution is 2.25. The van der Waals surface area contributed by atoms with Gasteiger partial charge in [0.15, 0.2) is 0 Å². The Morgan fingerprint density at radius 3 is 2.44 bits per heavy atom. The van der Waals surface area contributed by atoms with Gasteiger partial charge in [-0.1, -0.05) is 19.1 Å². The smallest absolute Gasteiger partial charge is 0.232 e. The molecule has 0 radical (unpaired) electrons. The van der Waals surface area contributed by atoms with Crippen LogP contribution in [0.4, 0.5) is 11.4 Å². The van der Waals surface area contributed by atoms with Gasteiger partial charge in [0.1, 0.15) is 5.75 Å². The standard InChI is InChI=1S/C26H37N3O4S/c1-20-7-5-17-28(19-20)23-11-9-22(10-12-23)21(2)27-26(30)8-6-18-29(34(4,31)32)24-13-15-25(33-3)16-14-24/h9-16,20-21H,5-8,17-19H2,1-4H3,(H,27,30)/t20-,21-/m0/s1. The molecule has 0 bridgehead atoms. The number of carbonyl (C=O) groups is 1. The fourth-order valence-electron chi connectivity index (χ4n) is 4.41. The summed E-state index contributed by atoms with van der Waals surface area (Å²) in [6.07, 6.45) is 4.36. The van der Waals surface area contributed by atoms with Gasteiger partial charge >= 0.3 is 0 Å². The fourth-order valence-corrected chi connectivity index (χ4v) is 5.38. The van der Waals surface area contributed by atoms with E-state index in [9.17, 15) is 13.2 Å². The van der Waals surface area contributed by atoms with Crippen LogP contribution in [0.15, 0.2) is 48.5 Å². The zero-order chi connectivity index (χ0) is 24.7. The first kappa shape index (κ1) is 25.9. The lowest BCUT2D eigenvalue weighted by Gasteiger charge is -2.33. The van der Waals surface area contributed by atoms with Crippen molar-refractivity contribution < 1.29 is 17.9 Å². The molecule has 1 fully saturated rings. The van der Waals surface area contributed by atoms with Crippen molar-refractivity contribution in [2.45, 2.75) is 45.6 Å². The maximum Gasteiger partial charge on any atom is 0.232 e. The molecule has 1 aliphatic rings. The Bertz CT molecular complexity index is 1040. The molecule has 2 aromatic rings. The van der Waals surface area contributed by atoms with Crippen molar-refractivity contribution in [2.24, 2.45) is 5.92 Å². The predicted octanol–water partition coefficient (Wildman–Crippen LogP) is 4.36. The fraction of sp³-hybridized carbons (Fsp3) is 0.500. The van der Waals surface area contributed by atoms with E-state index in [1.54, 1.807) is 31.4 Å². The molecule has 2 aromatic carbocycles. The number of nitrogens with zero attached hydrogens (tertiary/aromatic N) is 2. The van der Waals surface area contributed by atoms with Gasteiger partial charge in [-0.05, 0) is 74.1 Å². The lowest BCUT2D eigenvalue weighted by Crippen LogP contribution is -2.34. The van der Waals surface area contributed by atoms with Crippen LogP contribution in [-0.2, 0) is 14.8 Å². The Balaban J connectivity index is 1.51. The molecule has 2 atom stereocenters. The van der Waals surface area contributed by atoms with Crippen molar-refractivity contribution in [1.29, 1.82) is 0 Å². The molecule has 1 amide bonds. The molecule has 1 heterocycles. The molecule has 186 valence electrons. The Hall–Kier alpha value is -2.74. The summed E-state index contributed by atoms with van der Waals surface area (Å²) in [7, 11) is -1.90. The highest BCUT2D eigenvalue weighted by molar-refractivity contribution is 7.92. The number of benzene rings is 2. The van der Waals surface area contributed by atoms with E-state index in [1.165, 1.54) is 29.1 Å². The number of amides is 1. The Labute approximate surface area is 204 Å². The summed E-state index contributed by atoms with van der Waals surface area (Å²) in [4.78, 5) is 15.0. The molecular formula is C26H37N3O4S. The minimum absolute atomic E-state index is 0.0930. The van der Waals surface area contributed by atoms with Crippen molar-refractivity contribution >= 4 is 27.3 Å². The first-order valence-electron chi connectivity index (χ1n) is 11.9. The number of ether oxygens (including phenoxy) is 1. The second kappa shape index (κ2) is 11.6. The number of piperidine rings is 1. The average Bonchev–Trinajstić information content (AvgIpc) is 2.81. The Kier molecular flexibility index (Phi) is 8.83. The summed E-state index contributed by atoms with van der Waals surface area (Å²) in [5.74, 6) is 1.28. The molecule has 7 nitrogen and oxygen atoms in total. The second-order valence-electron chi connectivity index (χ2n) is 9.21. The van der Waals surface area contributed by atoms with Gasteiger partial charge < -0.3 is 15.0 Å². The number of methoxy groups -OCH3 is 1. The third-order valence-electron chi connectivity index (χ3n) is 6.32. The number of rotatable bonds is 10. The van der Waals surface area contributed by atoms with E-state index < -0.39 is 10.0 Å². The molecule has 8 heteroatoms. The molecule has 1 aliphatic heterocycles. The van der Waals surface area contributed by atoms with Crippen molar-refractivity contribution in [3.05, 3.63) is 54.1 Å². The number of anilines is 2. The van der Waals surface area contributed by atoms with E-state index in [4.69, 9.17) is 4.74 Å². The molecule has 0 unspecified atom stereocenters. The summed E-state index contributed by atoms with van der Waals surface area (Å²) in [6.45, 7) is 6.68.